The molecule has 0 unspecified atom stereocenters. The molecule has 2 aliphatic carbocycles. The Morgan fingerprint density at radius 3 is 2.26 bits per heavy atom. The first kappa shape index (κ1) is 20.8. The SMILES string of the molecule is CCOC(=O)C1(C(=O)NNC(=O)c2cnc(NC3Cc4ccccc4C3)nc2)CCC1. The van der Waals surface area contributed by atoms with Gasteiger partial charge < -0.3 is 10.1 Å². The van der Waals surface area contributed by atoms with Gasteiger partial charge in [-0.25, -0.2) is 9.97 Å². The second-order valence-electron chi connectivity index (χ2n) is 7.88. The number of ether oxygens (including phenoxy) is 1. The van der Waals surface area contributed by atoms with Crippen molar-refractivity contribution in [2.75, 3.05) is 11.9 Å². The molecule has 9 heteroatoms. The van der Waals surface area contributed by atoms with Crippen LogP contribution in [0.15, 0.2) is 36.7 Å². The lowest BCUT2D eigenvalue weighted by Gasteiger charge is -2.37. The van der Waals surface area contributed by atoms with E-state index >= 15 is 0 Å². The summed E-state index contributed by atoms with van der Waals surface area (Å²) < 4.78 is 5.01. The molecule has 0 bridgehead atoms. The van der Waals surface area contributed by atoms with Gasteiger partial charge in [0.1, 0.15) is 5.41 Å². The average molecular weight is 423 g/mol. The fourth-order valence-electron chi connectivity index (χ4n) is 3.99. The number of carbonyl (C=O) groups excluding carboxylic acids is 3. The molecule has 0 aliphatic heterocycles. The van der Waals surface area contributed by atoms with Gasteiger partial charge in [0.15, 0.2) is 0 Å². The molecule has 9 nitrogen and oxygen atoms in total. The van der Waals surface area contributed by atoms with Crippen molar-refractivity contribution in [3.05, 3.63) is 53.3 Å². The first-order chi connectivity index (χ1) is 15.0. The number of benzene rings is 1. The number of carbonyl (C=O) groups is 3. The number of amides is 2. The standard InChI is InChI=1S/C22H25N5O4/c1-2-31-20(30)22(8-5-9-22)19(29)27-26-18(28)16-12-23-21(24-13-16)25-17-10-14-6-3-4-7-15(14)11-17/h3-4,6-7,12-13,17H,2,5,8-11H2,1H3,(H,26,28)(H,27,29)(H,23,24,25). The fourth-order valence-corrected chi connectivity index (χ4v) is 3.99. The Balaban J connectivity index is 1.30. The number of anilines is 1. The van der Waals surface area contributed by atoms with Crippen molar-refractivity contribution in [1.29, 1.82) is 0 Å². The molecule has 0 saturated heterocycles. The minimum absolute atomic E-state index is 0.194. The number of aromatic nitrogens is 2. The molecular formula is C22H25N5O4. The molecule has 2 amide bonds. The van der Waals surface area contributed by atoms with Crippen LogP contribution in [0, 0.1) is 5.41 Å². The summed E-state index contributed by atoms with van der Waals surface area (Å²) in [7, 11) is 0. The first-order valence-corrected chi connectivity index (χ1v) is 10.4. The number of hydrogen-bond acceptors (Lipinski definition) is 7. The van der Waals surface area contributed by atoms with Crippen molar-refractivity contribution >= 4 is 23.7 Å². The highest BCUT2D eigenvalue weighted by Crippen LogP contribution is 2.42. The number of rotatable bonds is 6. The van der Waals surface area contributed by atoms with E-state index in [1.54, 1.807) is 6.92 Å². The van der Waals surface area contributed by atoms with Crippen LogP contribution in [0.1, 0.15) is 47.7 Å². The predicted molar refractivity (Wildman–Crippen MR) is 112 cm³/mol. The Morgan fingerprint density at radius 2 is 1.71 bits per heavy atom. The lowest BCUT2D eigenvalue weighted by Crippen LogP contribution is -2.56. The van der Waals surface area contributed by atoms with Crippen molar-refractivity contribution in [2.45, 2.75) is 45.1 Å². The van der Waals surface area contributed by atoms with Crippen LogP contribution in [-0.4, -0.2) is 40.4 Å². The second kappa shape index (κ2) is 8.71. The van der Waals surface area contributed by atoms with Crippen LogP contribution in [0.2, 0.25) is 0 Å². The van der Waals surface area contributed by atoms with Crippen molar-refractivity contribution < 1.29 is 19.1 Å². The van der Waals surface area contributed by atoms with E-state index in [0.717, 1.165) is 19.3 Å². The van der Waals surface area contributed by atoms with Gasteiger partial charge in [0.2, 0.25) is 5.95 Å². The van der Waals surface area contributed by atoms with Gasteiger partial charge in [-0.15, -0.1) is 0 Å². The van der Waals surface area contributed by atoms with Gasteiger partial charge in [0, 0.05) is 18.4 Å². The molecule has 1 fully saturated rings. The summed E-state index contributed by atoms with van der Waals surface area (Å²) in [6, 6.07) is 8.51. The molecule has 0 atom stereocenters. The van der Waals surface area contributed by atoms with E-state index in [2.05, 4.69) is 38.3 Å². The fraction of sp³-hybridized carbons (Fsp3) is 0.409. The lowest BCUT2D eigenvalue weighted by atomic mass is 9.68. The van der Waals surface area contributed by atoms with E-state index in [0.29, 0.717) is 18.8 Å². The highest BCUT2D eigenvalue weighted by molar-refractivity contribution is 6.04. The summed E-state index contributed by atoms with van der Waals surface area (Å²) in [5, 5.41) is 3.29. The number of esters is 1. The van der Waals surface area contributed by atoms with E-state index in [1.165, 1.54) is 23.5 Å². The number of nitrogens with zero attached hydrogens (tertiary/aromatic N) is 2. The normalized spacial score (nSPS) is 16.5. The molecule has 1 saturated carbocycles. The van der Waals surface area contributed by atoms with Gasteiger partial charge in [-0.2, -0.15) is 0 Å². The van der Waals surface area contributed by atoms with Crippen LogP contribution in [-0.2, 0) is 27.2 Å². The lowest BCUT2D eigenvalue weighted by molar-refractivity contribution is -0.167. The maximum atomic E-state index is 12.5. The van der Waals surface area contributed by atoms with Crippen LogP contribution in [0.25, 0.3) is 0 Å². The van der Waals surface area contributed by atoms with Crippen LogP contribution in [0.3, 0.4) is 0 Å². The Bertz CT molecular complexity index is 963. The van der Waals surface area contributed by atoms with Crippen LogP contribution < -0.4 is 16.2 Å². The Hall–Kier alpha value is -3.49. The molecule has 1 aromatic carbocycles. The summed E-state index contributed by atoms with van der Waals surface area (Å²) >= 11 is 0. The number of hydrazine groups is 1. The molecule has 1 heterocycles. The third kappa shape index (κ3) is 4.21. The molecule has 0 spiro atoms. The number of hydrogen-bond donors (Lipinski definition) is 3. The van der Waals surface area contributed by atoms with Gasteiger partial charge in [-0.05, 0) is 43.7 Å². The Kier molecular flexibility index (Phi) is 5.83. The van der Waals surface area contributed by atoms with Gasteiger partial charge in [-0.1, -0.05) is 30.7 Å². The molecule has 0 radical (unpaired) electrons. The van der Waals surface area contributed by atoms with Crippen molar-refractivity contribution in [3.8, 4) is 0 Å². The first-order valence-electron chi connectivity index (χ1n) is 10.4. The minimum atomic E-state index is -1.22. The van der Waals surface area contributed by atoms with Gasteiger partial charge in [0.25, 0.3) is 11.8 Å². The zero-order valence-electron chi connectivity index (χ0n) is 17.3. The monoisotopic (exact) mass is 423 g/mol. The highest BCUT2D eigenvalue weighted by atomic mass is 16.5. The van der Waals surface area contributed by atoms with E-state index in [4.69, 9.17) is 4.74 Å². The largest absolute Gasteiger partial charge is 0.465 e. The molecule has 4 rings (SSSR count). The van der Waals surface area contributed by atoms with E-state index in [9.17, 15) is 14.4 Å². The van der Waals surface area contributed by atoms with Crippen molar-refractivity contribution in [1.82, 2.24) is 20.8 Å². The summed E-state index contributed by atoms with van der Waals surface area (Å²) in [5.41, 5.74) is 6.28. The van der Waals surface area contributed by atoms with E-state index in [1.807, 2.05) is 12.1 Å². The molecule has 2 aromatic rings. The van der Waals surface area contributed by atoms with E-state index in [-0.39, 0.29) is 18.2 Å². The van der Waals surface area contributed by atoms with E-state index < -0.39 is 23.2 Å². The third-order valence-corrected chi connectivity index (χ3v) is 5.90. The number of fused-ring (bicyclic) bond motifs is 1. The van der Waals surface area contributed by atoms with Gasteiger partial charge in [-0.3, -0.25) is 25.2 Å². The van der Waals surface area contributed by atoms with Crippen LogP contribution in [0.5, 0.6) is 0 Å². The van der Waals surface area contributed by atoms with Crippen molar-refractivity contribution in [2.24, 2.45) is 5.41 Å². The predicted octanol–water partition coefficient (Wildman–Crippen LogP) is 1.55. The molecular weight excluding hydrogens is 398 g/mol. The molecule has 31 heavy (non-hydrogen) atoms. The van der Waals surface area contributed by atoms with Crippen LogP contribution >= 0.6 is 0 Å². The molecule has 3 N–H and O–H groups in total. The average Bonchev–Trinajstić information content (AvgIpc) is 3.14. The topological polar surface area (TPSA) is 122 Å². The zero-order chi connectivity index (χ0) is 21.8. The molecule has 1 aromatic heterocycles. The minimum Gasteiger partial charge on any atom is -0.465 e. The third-order valence-electron chi connectivity index (χ3n) is 5.90. The molecule has 162 valence electrons. The summed E-state index contributed by atoms with van der Waals surface area (Å²) in [4.78, 5) is 45.4. The number of nitrogens with one attached hydrogen (secondary N) is 3. The highest BCUT2D eigenvalue weighted by Gasteiger charge is 2.52. The maximum Gasteiger partial charge on any atom is 0.321 e. The van der Waals surface area contributed by atoms with Crippen LogP contribution in [0.4, 0.5) is 5.95 Å². The maximum absolute atomic E-state index is 12.5. The summed E-state index contributed by atoms with van der Waals surface area (Å²) in [6.45, 7) is 1.89. The van der Waals surface area contributed by atoms with Gasteiger partial charge in [0.05, 0.1) is 12.2 Å². The Morgan fingerprint density at radius 1 is 1.06 bits per heavy atom. The summed E-state index contributed by atoms with van der Waals surface area (Å²) in [6.07, 6.45) is 6.15. The quantitative estimate of drug-likeness (QED) is 0.366. The zero-order valence-corrected chi connectivity index (χ0v) is 17.3. The molecule has 2 aliphatic rings. The summed E-state index contributed by atoms with van der Waals surface area (Å²) in [5.74, 6) is -1.24. The second-order valence-corrected chi connectivity index (χ2v) is 7.88. The van der Waals surface area contributed by atoms with Gasteiger partial charge >= 0.3 is 5.97 Å². The van der Waals surface area contributed by atoms with Crippen molar-refractivity contribution in [3.63, 3.8) is 0 Å². The Labute approximate surface area is 180 Å². The smallest absolute Gasteiger partial charge is 0.321 e.